The van der Waals surface area contributed by atoms with Crippen molar-refractivity contribution in [3.8, 4) is 0 Å². The van der Waals surface area contributed by atoms with Crippen LogP contribution in [0.5, 0.6) is 0 Å². The zero-order valence-electron chi connectivity index (χ0n) is 10.2. The molecule has 1 aromatic rings. The lowest BCUT2D eigenvalue weighted by atomic mass is 10.2. The Hall–Kier alpha value is -1.02. The van der Waals surface area contributed by atoms with Crippen molar-refractivity contribution in [3.63, 3.8) is 0 Å². The van der Waals surface area contributed by atoms with E-state index in [2.05, 4.69) is 47.6 Å². The van der Waals surface area contributed by atoms with Gasteiger partial charge in [-0.1, -0.05) is 18.2 Å². The highest BCUT2D eigenvalue weighted by atomic mass is 15.1. The molecule has 2 nitrogen and oxygen atoms in total. The quantitative estimate of drug-likeness (QED) is 0.708. The number of anilines is 1. The van der Waals surface area contributed by atoms with Crippen molar-refractivity contribution in [2.75, 3.05) is 25.0 Å². The molecule has 0 atom stereocenters. The first-order chi connectivity index (χ1) is 7.86. The normalized spacial score (nSPS) is 15.1. The Balaban J connectivity index is 1.58. The van der Waals surface area contributed by atoms with Crippen molar-refractivity contribution in [1.82, 2.24) is 5.32 Å². The van der Waals surface area contributed by atoms with Gasteiger partial charge in [-0.25, -0.2) is 0 Å². The molecule has 0 aliphatic heterocycles. The minimum Gasteiger partial charge on any atom is -0.375 e. The zero-order valence-corrected chi connectivity index (χ0v) is 10.2. The SMILES string of the molecule is CN(CCCCNC1CC1)c1ccccc1. The maximum atomic E-state index is 3.55. The number of hydrogen-bond acceptors (Lipinski definition) is 2. The predicted molar refractivity (Wildman–Crippen MR) is 70.0 cm³/mol. The van der Waals surface area contributed by atoms with Gasteiger partial charge < -0.3 is 10.2 Å². The molecule has 0 amide bonds. The first kappa shape index (κ1) is 11.5. The summed E-state index contributed by atoms with van der Waals surface area (Å²) < 4.78 is 0. The number of rotatable bonds is 7. The molecule has 2 heteroatoms. The summed E-state index contributed by atoms with van der Waals surface area (Å²) in [6.07, 6.45) is 5.34. The molecule has 0 bridgehead atoms. The molecule has 88 valence electrons. The third-order valence-electron chi connectivity index (χ3n) is 3.13. The van der Waals surface area contributed by atoms with Gasteiger partial charge in [0, 0.05) is 25.3 Å². The van der Waals surface area contributed by atoms with Crippen LogP contribution in [0.4, 0.5) is 5.69 Å². The largest absolute Gasteiger partial charge is 0.375 e. The highest BCUT2D eigenvalue weighted by molar-refractivity contribution is 5.44. The number of para-hydroxylation sites is 1. The molecule has 0 saturated heterocycles. The van der Waals surface area contributed by atoms with Crippen molar-refractivity contribution in [2.24, 2.45) is 0 Å². The molecule has 2 rings (SSSR count). The second-order valence-corrected chi connectivity index (χ2v) is 4.69. The van der Waals surface area contributed by atoms with Gasteiger partial charge in [-0.15, -0.1) is 0 Å². The van der Waals surface area contributed by atoms with E-state index in [0.29, 0.717) is 0 Å². The number of nitrogens with one attached hydrogen (secondary N) is 1. The van der Waals surface area contributed by atoms with Crippen LogP contribution in [0, 0.1) is 0 Å². The molecule has 0 aromatic heterocycles. The molecule has 1 aromatic carbocycles. The molecule has 1 fully saturated rings. The molecule has 0 heterocycles. The predicted octanol–water partition coefficient (Wildman–Crippen LogP) is 2.66. The standard InChI is InChI=1S/C14H22N2/c1-16(14-7-3-2-4-8-14)12-6-5-11-15-13-9-10-13/h2-4,7-8,13,15H,5-6,9-12H2,1H3. The third-order valence-corrected chi connectivity index (χ3v) is 3.13. The maximum absolute atomic E-state index is 3.55. The number of unbranched alkanes of at least 4 members (excludes halogenated alkanes) is 1. The summed E-state index contributed by atoms with van der Waals surface area (Å²) in [5.41, 5.74) is 1.32. The zero-order chi connectivity index (χ0) is 11.2. The van der Waals surface area contributed by atoms with Gasteiger partial charge in [0.15, 0.2) is 0 Å². The summed E-state index contributed by atoms with van der Waals surface area (Å²) in [6, 6.07) is 11.5. The topological polar surface area (TPSA) is 15.3 Å². The lowest BCUT2D eigenvalue weighted by Gasteiger charge is -2.19. The summed E-state index contributed by atoms with van der Waals surface area (Å²) in [5, 5.41) is 3.55. The van der Waals surface area contributed by atoms with E-state index in [9.17, 15) is 0 Å². The average molecular weight is 218 g/mol. The van der Waals surface area contributed by atoms with Crippen LogP contribution in [0.15, 0.2) is 30.3 Å². The molecular weight excluding hydrogens is 196 g/mol. The highest BCUT2D eigenvalue weighted by Gasteiger charge is 2.19. The monoisotopic (exact) mass is 218 g/mol. The fourth-order valence-corrected chi connectivity index (χ4v) is 1.88. The van der Waals surface area contributed by atoms with Crippen molar-refractivity contribution in [3.05, 3.63) is 30.3 Å². The van der Waals surface area contributed by atoms with Gasteiger partial charge >= 0.3 is 0 Å². The minimum atomic E-state index is 0.854. The molecule has 16 heavy (non-hydrogen) atoms. The van der Waals surface area contributed by atoms with Crippen LogP contribution in [-0.2, 0) is 0 Å². The Labute approximate surface area is 98.7 Å². The smallest absolute Gasteiger partial charge is 0.0363 e. The van der Waals surface area contributed by atoms with Gasteiger partial charge in [-0.3, -0.25) is 0 Å². The van der Waals surface area contributed by atoms with Crippen molar-refractivity contribution in [2.45, 2.75) is 31.7 Å². The summed E-state index contributed by atoms with van der Waals surface area (Å²) >= 11 is 0. The van der Waals surface area contributed by atoms with Gasteiger partial charge in [0.25, 0.3) is 0 Å². The van der Waals surface area contributed by atoms with Crippen molar-refractivity contribution in [1.29, 1.82) is 0 Å². The van der Waals surface area contributed by atoms with Crippen LogP contribution in [-0.4, -0.2) is 26.2 Å². The lowest BCUT2D eigenvalue weighted by Crippen LogP contribution is -2.21. The minimum absolute atomic E-state index is 0.854. The summed E-state index contributed by atoms with van der Waals surface area (Å²) in [7, 11) is 2.17. The van der Waals surface area contributed by atoms with Crippen LogP contribution < -0.4 is 10.2 Å². The Morgan fingerprint density at radius 3 is 2.62 bits per heavy atom. The maximum Gasteiger partial charge on any atom is 0.0363 e. The Bertz CT molecular complexity index is 293. The van der Waals surface area contributed by atoms with Crippen molar-refractivity contribution < 1.29 is 0 Å². The summed E-state index contributed by atoms with van der Waals surface area (Å²) in [4.78, 5) is 2.33. The van der Waals surface area contributed by atoms with Gasteiger partial charge in [-0.05, 0) is 44.4 Å². The first-order valence-corrected chi connectivity index (χ1v) is 6.36. The van der Waals surface area contributed by atoms with E-state index in [1.54, 1.807) is 0 Å². The summed E-state index contributed by atoms with van der Waals surface area (Å²) in [6.45, 7) is 2.34. The van der Waals surface area contributed by atoms with E-state index in [-0.39, 0.29) is 0 Å². The van der Waals surface area contributed by atoms with Crippen LogP contribution in [0.1, 0.15) is 25.7 Å². The van der Waals surface area contributed by atoms with E-state index >= 15 is 0 Å². The van der Waals surface area contributed by atoms with Gasteiger partial charge in [0.05, 0.1) is 0 Å². The number of hydrogen-bond donors (Lipinski definition) is 1. The van der Waals surface area contributed by atoms with Gasteiger partial charge in [-0.2, -0.15) is 0 Å². The average Bonchev–Trinajstić information content (AvgIpc) is 3.13. The van der Waals surface area contributed by atoms with E-state index in [1.165, 1.54) is 37.9 Å². The van der Waals surface area contributed by atoms with Crippen LogP contribution >= 0.6 is 0 Å². The van der Waals surface area contributed by atoms with Gasteiger partial charge in [0.1, 0.15) is 0 Å². The van der Waals surface area contributed by atoms with Crippen LogP contribution in [0.3, 0.4) is 0 Å². The highest BCUT2D eigenvalue weighted by Crippen LogP contribution is 2.18. The van der Waals surface area contributed by atoms with E-state index in [1.807, 2.05) is 0 Å². The second-order valence-electron chi connectivity index (χ2n) is 4.69. The van der Waals surface area contributed by atoms with Crippen LogP contribution in [0.2, 0.25) is 0 Å². The second kappa shape index (κ2) is 5.90. The summed E-state index contributed by atoms with van der Waals surface area (Å²) in [5.74, 6) is 0. The molecular formula is C14H22N2. The molecule has 1 aliphatic rings. The van der Waals surface area contributed by atoms with E-state index < -0.39 is 0 Å². The lowest BCUT2D eigenvalue weighted by molar-refractivity contribution is 0.618. The molecule has 1 saturated carbocycles. The number of nitrogens with zero attached hydrogens (tertiary/aromatic N) is 1. The van der Waals surface area contributed by atoms with E-state index in [0.717, 1.165) is 12.6 Å². The first-order valence-electron chi connectivity index (χ1n) is 6.36. The molecule has 1 N–H and O–H groups in total. The Morgan fingerprint density at radius 2 is 1.94 bits per heavy atom. The number of benzene rings is 1. The molecule has 0 radical (unpaired) electrons. The van der Waals surface area contributed by atoms with Gasteiger partial charge in [0.2, 0.25) is 0 Å². The molecule has 0 spiro atoms. The third kappa shape index (κ3) is 3.86. The fraction of sp³-hybridized carbons (Fsp3) is 0.571. The fourth-order valence-electron chi connectivity index (χ4n) is 1.88. The van der Waals surface area contributed by atoms with E-state index in [4.69, 9.17) is 0 Å². The van der Waals surface area contributed by atoms with Crippen LogP contribution in [0.25, 0.3) is 0 Å². The molecule has 1 aliphatic carbocycles. The molecule has 0 unspecified atom stereocenters. The van der Waals surface area contributed by atoms with Crippen molar-refractivity contribution >= 4 is 5.69 Å². The Kier molecular flexibility index (Phi) is 4.23. The Morgan fingerprint density at radius 1 is 1.19 bits per heavy atom.